The Morgan fingerprint density at radius 3 is 2.73 bits per heavy atom. The molecule has 0 fully saturated rings. The first kappa shape index (κ1) is 22.9. The van der Waals surface area contributed by atoms with Crippen molar-refractivity contribution in [3.63, 3.8) is 0 Å². The van der Waals surface area contributed by atoms with E-state index in [1.54, 1.807) is 19.2 Å². The molecular weight excluding hydrogens is 458 g/mol. The molecule has 170 valence electrons. The van der Waals surface area contributed by atoms with Crippen molar-refractivity contribution >= 4 is 44.9 Å². The second-order valence-electron chi connectivity index (χ2n) is 7.63. The quantitative estimate of drug-likeness (QED) is 0.203. The van der Waals surface area contributed by atoms with E-state index < -0.39 is 0 Å². The Balaban J connectivity index is 1.57. The fourth-order valence-corrected chi connectivity index (χ4v) is 5.38. The number of phenolic OH excluding ortho intramolecular Hbond substituents is 1. The Hall–Kier alpha value is -3.30. The first-order valence-corrected chi connectivity index (χ1v) is 12.0. The number of nitrogens with zero attached hydrogens (tertiary/aromatic N) is 1. The van der Waals surface area contributed by atoms with Gasteiger partial charge in [-0.25, -0.2) is 4.98 Å². The number of hydrogen-bond acceptors (Lipinski definition) is 7. The number of thiophene rings is 1. The number of fused-ring (bicyclic) bond motifs is 1. The van der Waals surface area contributed by atoms with Gasteiger partial charge in [-0.1, -0.05) is 23.9 Å². The largest absolute Gasteiger partial charge is 0.506 e. The minimum Gasteiger partial charge on any atom is -0.506 e. The third kappa shape index (κ3) is 4.74. The summed E-state index contributed by atoms with van der Waals surface area (Å²) < 4.78 is 5.34. The number of ether oxygens (including phenoxy) is 1. The van der Waals surface area contributed by atoms with Crippen LogP contribution < -0.4 is 15.6 Å². The third-order valence-corrected chi connectivity index (χ3v) is 7.04. The van der Waals surface area contributed by atoms with Gasteiger partial charge in [-0.05, 0) is 61.7 Å². The molecule has 4 aromatic rings. The van der Waals surface area contributed by atoms with Gasteiger partial charge in [-0.15, -0.1) is 11.3 Å². The molecule has 2 aromatic carbocycles. The van der Waals surface area contributed by atoms with Gasteiger partial charge in [0.2, 0.25) is 5.91 Å². The van der Waals surface area contributed by atoms with Gasteiger partial charge in [-0.2, -0.15) is 0 Å². The number of amides is 1. The van der Waals surface area contributed by atoms with Crippen molar-refractivity contribution in [1.29, 1.82) is 0 Å². The van der Waals surface area contributed by atoms with Gasteiger partial charge in [0.15, 0.2) is 5.16 Å². The topological polar surface area (TPSA) is 104 Å². The zero-order valence-electron chi connectivity index (χ0n) is 18.6. The molecular formula is C24H23N3O4S2. The van der Waals surface area contributed by atoms with E-state index in [2.05, 4.69) is 15.3 Å². The molecule has 0 bridgehead atoms. The summed E-state index contributed by atoms with van der Waals surface area (Å²) in [4.78, 5) is 34.3. The SMILES string of the molecule is COc1ccc(-c2c(C)sc3nc(SCC(=O)Nc4cc(C)ccc4O)[nH]c(=O)c23)cc1C. The Bertz CT molecular complexity index is 1430. The summed E-state index contributed by atoms with van der Waals surface area (Å²) in [6, 6.07) is 10.8. The van der Waals surface area contributed by atoms with Crippen LogP contribution in [0.15, 0.2) is 46.3 Å². The standard InChI is InChI=1S/C24H23N3O4S2/c1-12-5-7-17(28)16(9-12)25-19(29)11-32-24-26-22(30)21-20(14(3)33-23(21)27-24)15-6-8-18(31-4)13(2)10-15/h5-10,28H,11H2,1-4H3,(H,25,29)(H,26,27,30). The highest BCUT2D eigenvalue weighted by Crippen LogP contribution is 2.37. The number of hydrogen-bond donors (Lipinski definition) is 3. The maximum atomic E-state index is 13.0. The summed E-state index contributed by atoms with van der Waals surface area (Å²) in [6.45, 7) is 5.80. The highest BCUT2D eigenvalue weighted by Gasteiger charge is 2.18. The molecule has 3 N–H and O–H groups in total. The number of aryl methyl sites for hydroxylation is 3. The van der Waals surface area contributed by atoms with Crippen LogP contribution in [-0.2, 0) is 4.79 Å². The number of aromatic nitrogens is 2. The van der Waals surface area contributed by atoms with Gasteiger partial charge in [0.05, 0.1) is 23.9 Å². The summed E-state index contributed by atoms with van der Waals surface area (Å²) in [7, 11) is 1.63. The number of H-pyrrole nitrogens is 1. The maximum Gasteiger partial charge on any atom is 0.260 e. The van der Waals surface area contributed by atoms with Crippen molar-refractivity contribution in [3.8, 4) is 22.6 Å². The number of carbonyl (C=O) groups is 1. The van der Waals surface area contributed by atoms with Gasteiger partial charge >= 0.3 is 0 Å². The number of nitrogens with one attached hydrogen (secondary N) is 2. The molecule has 0 aliphatic heterocycles. The van der Waals surface area contributed by atoms with Crippen molar-refractivity contribution in [2.75, 3.05) is 18.2 Å². The van der Waals surface area contributed by atoms with Crippen LogP contribution in [0, 0.1) is 20.8 Å². The lowest BCUT2D eigenvalue weighted by Gasteiger charge is -2.08. The highest BCUT2D eigenvalue weighted by molar-refractivity contribution is 7.99. The predicted molar refractivity (Wildman–Crippen MR) is 134 cm³/mol. The van der Waals surface area contributed by atoms with Crippen molar-refractivity contribution in [1.82, 2.24) is 9.97 Å². The lowest BCUT2D eigenvalue weighted by atomic mass is 10.0. The third-order valence-electron chi connectivity index (χ3n) is 5.17. The number of rotatable bonds is 6. The van der Waals surface area contributed by atoms with Crippen molar-refractivity contribution in [2.24, 2.45) is 0 Å². The molecule has 0 atom stereocenters. The Labute approximate surface area is 198 Å². The number of phenols is 1. The summed E-state index contributed by atoms with van der Waals surface area (Å²) in [5, 5.41) is 13.5. The van der Waals surface area contributed by atoms with Gasteiger partial charge < -0.3 is 20.1 Å². The van der Waals surface area contributed by atoms with Crippen LogP contribution in [-0.4, -0.2) is 33.8 Å². The fraction of sp³-hybridized carbons (Fsp3) is 0.208. The molecule has 9 heteroatoms. The van der Waals surface area contributed by atoms with Gasteiger partial charge in [0.1, 0.15) is 16.3 Å². The second kappa shape index (κ2) is 9.29. The van der Waals surface area contributed by atoms with Crippen LogP contribution in [0.3, 0.4) is 0 Å². The lowest BCUT2D eigenvalue weighted by Crippen LogP contribution is -2.15. The Morgan fingerprint density at radius 2 is 2.00 bits per heavy atom. The molecule has 0 saturated carbocycles. The van der Waals surface area contributed by atoms with E-state index in [-0.39, 0.29) is 23.0 Å². The van der Waals surface area contributed by atoms with Crippen LogP contribution >= 0.6 is 23.1 Å². The fourth-order valence-electron chi connectivity index (χ4n) is 3.62. The van der Waals surface area contributed by atoms with Crippen molar-refractivity contribution in [2.45, 2.75) is 25.9 Å². The zero-order valence-corrected chi connectivity index (χ0v) is 20.2. The number of aromatic amines is 1. The number of methoxy groups -OCH3 is 1. The van der Waals surface area contributed by atoms with E-state index in [0.717, 1.165) is 44.6 Å². The number of thioether (sulfide) groups is 1. The summed E-state index contributed by atoms with van der Waals surface area (Å²) in [5.41, 5.74) is 3.80. The van der Waals surface area contributed by atoms with Gasteiger partial charge in [0, 0.05) is 10.4 Å². The van der Waals surface area contributed by atoms with E-state index in [0.29, 0.717) is 21.1 Å². The number of anilines is 1. The molecule has 2 aromatic heterocycles. The van der Waals surface area contributed by atoms with E-state index in [9.17, 15) is 14.7 Å². The molecule has 0 aliphatic carbocycles. The summed E-state index contributed by atoms with van der Waals surface area (Å²) >= 11 is 2.58. The number of aromatic hydroxyl groups is 1. The monoisotopic (exact) mass is 481 g/mol. The van der Waals surface area contributed by atoms with Crippen LogP contribution in [0.5, 0.6) is 11.5 Å². The van der Waals surface area contributed by atoms with Crippen LogP contribution in [0.25, 0.3) is 21.3 Å². The first-order valence-electron chi connectivity index (χ1n) is 10.2. The Kier molecular flexibility index (Phi) is 6.44. The molecule has 1 amide bonds. The van der Waals surface area contributed by atoms with Gasteiger partial charge in [0.25, 0.3) is 5.56 Å². The first-order chi connectivity index (χ1) is 15.8. The molecule has 7 nitrogen and oxygen atoms in total. The highest BCUT2D eigenvalue weighted by atomic mass is 32.2. The van der Waals surface area contributed by atoms with Crippen LogP contribution in [0.1, 0.15) is 16.0 Å². The lowest BCUT2D eigenvalue weighted by molar-refractivity contribution is -0.113. The van der Waals surface area contributed by atoms with Crippen LogP contribution in [0.2, 0.25) is 0 Å². The molecule has 0 spiro atoms. The van der Waals surface area contributed by atoms with E-state index in [1.807, 2.05) is 39.0 Å². The average molecular weight is 482 g/mol. The van der Waals surface area contributed by atoms with Gasteiger partial charge in [-0.3, -0.25) is 9.59 Å². The molecule has 33 heavy (non-hydrogen) atoms. The molecule has 4 rings (SSSR count). The average Bonchev–Trinajstić information content (AvgIpc) is 3.11. The summed E-state index contributed by atoms with van der Waals surface area (Å²) in [5.74, 6) is 0.526. The molecule has 0 unspecified atom stereocenters. The van der Waals surface area contributed by atoms with E-state index >= 15 is 0 Å². The molecule has 2 heterocycles. The second-order valence-corrected chi connectivity index (χ2v) is 9.79. The zero-order chi connectivity index (χ0) is 23.7. The summed E-state index contributed by atoms with van der Waals surface area (Å²) in [6.07, 6.45) is 0. The molecule has 0 aliphatic rings. The minimum atomic E-state index is -0.305. The normalized spacial score (nSPS) is 11.0. The van der Waals surface area contributed by atoms with E-state index in [1.165, 1.54) is 17.4 Å². The van der Waals surface area contributed by atoms with Crippen molar-refractivity contribution < 1.29 is 14.6 Å². The predicted octanol–water partition coefficient (Wildman–Crippen LogP) is 5.02. The van der Waals surface area contributed by atoms with Crippen molar-refractivity contribution in [3.05, 3.63) is 62.8 Å². The molecule has 0 saturated heterocycles. The van der Waals surface area contributed by atoms with Crippen LogP contribution in [0.4, 0.5) is 5.69 Å². The minimum absolute atomic E-state index is 0.00209. The number of carbonyl (C=O) groups excluding carboxylic acids is 1. The smallest absolute Gasteiger partial charge is 0.260 e. The maximum absolute atomic E-state index is 13.0. The van der Waals surface area contributed by atoms with E-state index in [4.69, 9.17) is 4.74 Å². The molecule has 0 radical (unpaired) electrons. The Morgan fingerprint density at radius 1 is 1.21 bits per heavy atom. The number of benzene rings is 2.